The average molecular weight is 474 g/mol. The maximum absolute atomic E-state index is 12.8. The van der Waals surface area contributed by atoms with E-state index in [1.165, 1.54) is 18.6 Å². The van der Waals surface area contributed by atoms with Crippen LogP contribution in [0.15, 0.2) is 29.2 Å². The van der Waals surface area contributed by atoms with Gasteiger partial charge in [0.05, 0.1) is 5.41 Å². The molecule has 4 aliphatic carbocycles. The molecule has 2 atom stereocenters. The zero-order valence-corrected chi connectivity index (χ0v) is 17.7. The summed E-state index contributed by atoms with van der Waals surface area (Å²) in [6.45, 7) is -0.335. The molecule has 8 heteroatoms. The molecule has 1 aromatic rings. The van der Waals surface area contributed by atoms with E-state index in [9.17, 15) is 18.4 Å². The number of nitrogens with one attached hydrogen (secondary N) is 1. The highest BCUT2D eigenvalue weighted by molar-refractivity contribution is 9.10. The van der Waals surface area contributed by atoms with Crippen LogP contribution >= 0.6 is 27.7 Å². The second-order valence-electron chi connectivity index (χ2n) is 8.42. The summed E-state index contributed by atoms with van der Waals surface area (Å²) >= 11 is 4.32. The molecule has 1 N–H and O–H groups in total. The standard InChI is InChI=1S/C20H22BrF2NO3S/c21-20-8-12-5-13(9-20)7-19(6-12,11-20)17(26)27-10-16(25)24-14-1-3-15(4-2-14)28-18(22)23/h1-4,12-13,18H,5-11H2,(H,24,25). The number of carbonyl (C=O) groups excluding carboxylic acids is 2. The molecule has 4 nitrogen and oxygen atoms in total. The molecule has 0 radical (unpaired) electrons. The molecule has 28 heavy (non-hydrogen) atoms. The Morgan fingerprint density at radius 2 is 1.82 bits per heavy atom. The van der Waals surface area contributed by atoms with Crippen LogP contribution in [0.5, 0.6) is 0 Å². The van der Waals surface area contributed by atoms with Crippen molar-refractivity contribution < 1.29 is 23.1 Å². The van der Waals surface area contributed by atoms with Crippen molar-refractivity contribution in [3.63, 3.8) is 0 Å². The maximum Gasteiger partial charge on any atom is 0.312 e. The van der Waals surface area contributed by atoms with E-state index in [0.717, 1.165) is 32.1 Å². The summed E-state index contributed by atoms with van der Waals surface area (Å²) in [5.41, 5.74) is 0.0241. The van der Waals surface area contributed by atoms with Gasteiger partial charge in [-0.25, -0.2) is 0 Å². The first-order valence-electron chi connectivity index (χ1n) is 9.46. The van der Waals surface area contributed by atoms with Crippen molar-refractivity contribution in [2.75, 3.05) is 11.9 Å². The van der Waals surface area contributed by atoms with Crippen LogP contribution in [0.4, 0.5) is 14.5 Å². The molecule has 4 fully saturated rings. The van der Waals surface area contributed by atoms with E-state index in [1.807, 2.05) is 0 Å². The summed E-state index contributed by atoms with van der Waals surface area (Å²) in [4.78, 5) is 25.4. The minimum Gasteiger partial charge on any atom is -0.455 e. The molecule has 4 bridgehead atoms. The lowest BCUT2D eigenvalue weighted by atomic mass is 9.49. The number of alkyl halides is 3. The van der Waals surface area contributed by atoms with Crippen LogP contribution in [0.1, 0.15) is 38.5 Å². The summed E-state index contributed by atoms with van der Waals surface area (Å²) in [5, 5.41) is 2.64. The summed E-state index contributed by atoms with van der Waals surface area (Å²) in [5.74, 6) is -2.05. The summed E-state index contributed by atoms with van der Waals surface area (Å²) in [7, 11) is 0. The number of amides is 1. The van der Waals surface area contributed by atoms with Gasteiger partial charge in [-0.3, -0.25) is 9.59 Å². The van der Waals surface area contributed by atoms with E-state index in [-0.39, 0.29) is 16.9 Å². The van der Waals surface area contributed by atoms with Crippen molar-refractivity contribution in [1.29, 1.82) is 0 Å². The van der Waals surface area contributed by atoms with Gasteiger partial charge in [-0.05, 0) is 74.6 Å². The largest absolute Gasteiger partial charge is 0.455 e. The van der Waals surface area contributed by atoms with E-state index >= 15 is 0 Å². The Hall–Kier alpha value is -1.15. The molecule has 1 amide bonds. The van der Waals surface area contributed by atoms with E-state index < -0.39 is 17.1 Å². The molecule has 0 aliphatic heterocycles. The Kier molecular flexibility index (Phi) is 5.46. The van der Waals surface area contributed by atoms with Crippen LogP contribution in [0.2, 0.25) is 0 Å². The molecule has 5 rings (SSSR count). The second-order valence-corrected chi connectivity index (χ2v) is 11.2. The van der Waals surface area contributed by atoms with Gasteiger partial charge in [0, 0.05) is 14.9 Å². The molecular formula is C20H22BrF2NO3S. The van der Waals surface area contributed by atoms with E-state index in [2.05, 4.69) is 21.2 Å². The predicted octanol–water partition coefficient (Wildman–Crippen LogP) is 5.22. The fourth-order valence-electron chi connectivity index (χ4n) is 5.59. The first-order chi connectivity index (χ1) is 13.3. The number of hydrogen-bond donors (Lipinski definition) is 1. The van der Waals surface area contributed by atoms with Crippen LogP contribution in [-0.4, -0.2) is 28.6 Å². The molecule has 4 aliphatic rings. The minimum atomic E-state index is -2.48. The van der Waals surface area contributed by atoms with Crippen molar-refractivity contribution in [3.8, 4) is 0 Å². The molecule has 0 aromatic heterocycles. The molecule has 0 spiro atoms. The number of halogens is 3. The molecular weight excluding hydrogens is 452 g/mol. The Labute approximate surface area is 175 Å². The third kappa shape index (κ3) is 4.22. The monoisotopic (exact) mass is 473 g/mol. The molecule has 0 heterocycles. The van der Waals surface area contributed by atoms with Gasteiger partial charge in [-0.2, -0.15) is 8.78 Å². The Morgan fingerprint density at radius 1 is 1.18 bits per heavy atom. The highest BCUT2D eigenvalue weighted by Gasteiger charge is 2.60. The average Bonchev–Trinajstić information content (AvgIpc) is 2.59. The van der Waals surface area contributed by atoms with Crippen molar-refractivity contribution >= 4 is 45.3 Å². The van der Waals surface area contributed by atoms with Crippen molar-refractivity contribution in [3.05, 3.63) is 24.3 Å². The van der Waals surface area contributed by atoms with Gasteiger partial charge in [0.2, 0.25) is 0 Å². The van der Waals surface area contributed by atoms with Crippen molar-refractivity contribution in [1.82, 2.24) is 0 Å². The number of rotatable bonds is 6. The summed E-state index contributed by atoms with van der Waals surface area (Å²) < 4.78 is 30.1. The lowest BCUT2D eigenvalue weighted by Crippen LogP contribution is -2.56. The summed E-state index contributed by atoms with van der Waals surface area (Å²) in [6.07, 6.45) is 5.96. The third-order valence-electron chi connectivity index (χ3n) is 6.12. The fourth-order valence-corrected chi connectivity index (χ4v) is 7.54. The van der Waals surface area contributed by atoms with Gasteiger partial charge >= 0.3 is 5.97 Å². The van der Waals surface area contributed by atoms with Crippen LogP contribution in [0.3, 0.4) is 0 Å². The number of benzene rings is 1. The number of ether oxygens (including phenoxy) is 1. The fraction of sp³-hybridized carbons (Fsp3) is 0.600. The van der Waals surface area contributed by atoms with Crippen LogP contribution in [-0.2, 0) is 14.3 Å². The van der Waals surface area contributed by atoms with Gasteiger partial charge in [-0.15, -0.1) is 0 Å². The predicted molar refractivity (Wildman–Crippen MR) is 107 cm³/mol. The number of carbonyl (C=O) groups is 2. The first kappa shape index (κ1) is 20.1. The molecule has 152 valence electrons. The van der Waals surface area contributed by atoms with Gasteiger partial charge < -0.3 is 10.1 Å². The van der Waals surface area contributed by atoms with Gasteiger partial charge in [0.1, 0.15) is 0 Å². The molecule has 1 aromatic carbocycles. The first-order valence-corrected chi connectivity index (χ1v) is 11.1. The molecule has 0 saturated heterocycles. The van der Waals surface area contributed by atoms with Crippen molar-refractivity contribution in [2.24, 2.45) is 17.3 Å². The number of esters is 1. The topological polar surface area (TPSA) is 55.4 Å². The molecule has 2 unspecified atom stereocenters. The van der Waals surface area contributed by atoms with Crippen LogP contribution in [0.25, 0.3) is 0 Å². The lowest BCUT2D eigenvalue weighted by molar-refractivity contribution is -0.170. The smallest absolute Gasteiger partial charge is 0.312 e. The zero-order valence-electron chi connectivity index (χ0n) is 15.3. The molecule has 4 saturated carbocycles. The number of hydrogen-bond acceptors (Lipinski definition) is 4. The van der Waals surface area contributed by atoms with Gasteiger partial charge in [-0.1, -0.05) is 27.7 Å². The zero-order chi connectivity index (χ0) is 19.9. The maximum atomic E-state index is 12.8. The van der Waals surface area contributed by atoms with Crippen LogP contribution in [0, 0.1) is 17.3 Å². The van der Waals surface area contributed by atoms with E-state index in [4.69, 9.17) is 4.74 Å². The quantitative estimate of drug-likeness (QED) is 0.349. The SMILES string of the molecule is O=C(COC(=O)C12CC3CC(CC(Br)(C3)C1)C2)Nc1ccc(SC(F)F)cc1. The lowest BCUT2D eigenvalue weighted by Gasteiger charge is -2.58. The minimum absolute atomic E-state index is 0.0519. The van der Waals surface area contributed by atoms with Gasteiger partial charge in [0.15, 0.2) is 6.61 Å². The van der Waals surface area contributed by atoms with Crippen LogP contribution < -0.4 is 5.32 Å². The Balaban J connectivity index is 1.31. The Bertz CT molecular complexity index is 759. The highest BCUT2D eigenvalue weighted by atomic mass is 79.9. The number of thioether (sulfide) groups is 1. The van der Waals surface area contributed by atoms with Gasteiger partial charge in [0.25, 0.3) is 11.7 Å². The normalized spacial score (nSPS) is 33.1. The van der Waals surface area contributed by atoms with E-state index in [1.54, 1.807) is 12.1 Å². The number of anilines is 1. The second kappa shape index (κ2) is 7.59. The Morgan fingerprint density at radius 3 is 2.39 bits per heavy atom. The third-order valence-corrected chi connectivity index (χ3v) is 7.77. The van der Waals surface area contributed by atoms with Crippen molar-refractivity contribution in [2.45, 2.75) is 53.5 Å². The summed E-state index contributed by atoms with van der Waals surface area (Å²) in [6, 6.07) is 6.14. The highest BCUT2D eigenvalue weighted by Crippen LogP contribution is 2.64. The van der Waals surface area contributed by atoms with E-state index in [0.29, 0.717) is 34.2 Å².